The minimum Gasteiger partial charge on any atom is -0.325 e. The van der Waals surface area contributed by atoms with E-state index < -0.39 is 5.25 Å². The Morgan fingerprint density at radius 3 is 2.57 bits per heavy atom. The van der Waals surface area contributed by atoms with Crippen LogP contribution in [-0.4, -0.2) is 25.7 Å². The fourth-order valence-electron chi connectivity index (χ4n) is 2.89. The Kier molecular flexibility index (Phi) is 5.08. The average molecular weight is 389 g/mol. The van der Waals surface area contributed by atoms with Gasteiger partial charge in [0, 0.05) is 12.7 Å². The molecule has 0 bridgehead atoms. The lowest BCUT2D eigenvalue weighted by Gasteiger charge is -2.17. The molecule has 0 radical (unpaired) electrons. The van der Waals surface area contributed by atoms with Gasteiger partial charge in [0.2, 0.25) is 5.91 Å². The first kappa shape index (κ1) is 18.2. The van der Waals surface area contributed by atoms with Gasteiger partial charge >= 0.3 is 0 Å². The molecule has 1 N–H and O–H groups in total. The molecule has 2 aromatic carbocycles. The van der Waals surface area contributed by atoms with Crippen LogP contribution in [-0.2, 0) is 11.8 Å². The van der Waals surface area contributed by atoms with Crippen LogP contribution in [0.3, 0.4) is 0 Å². The third-order valence-corrected chi connectivity index (χ3v) is 5.65. The third-order valence-electron chi connectivity index (χ3n) is 4.38. The molecule has 0 saturated carbocycles. The number of aryl methyl sites for hydroxylation is 2. The number of nitrogens with zero attached hydrogens (tertiary/aromatic N) is 4. The van der Waals surface area contributed by atoms with Gasteiger partial charge in [-0.15, -0.1) is 0 Å². The summed E-state index contributed by atoms with van der Waals surface area (Å²) in [6.45, 7) is 2.02. The SMILES string of the molecule is Cc1ccc(NC(=O)C(Sc2ncnc3c2cnn3C)c2ccccc2)cc1. The maximum absolute atomic E-state index is 13.1. The summed E-state index contributed by atoms with van der Waals surface area (Å²) >= 11 is 1.40. The second-order valence-electron chi connectivity index (χ2n) is 6.45. The van der Waals surface area contributed by atoms with E-state index in [0.717, 1.165) is 32.9 Å². The van der Waals surface area contributed by atoms with E-state index in [1.54, 1.807) is 10.9 Å². The molecule has 4 aromatic rings. The van der Waals surface area contributed by atoms with E-state index in [2.05, 4.69) is 20.4 Å². The van der Waals surface area contributed by atoms with Crippen LogP contribution >= 0.6 is 11.8 Å². The minimum absolute atomic E-state index is 0.101. The molecule has 0 aliphatic heterocycles. The largest absolute Gasteiger partial charge is 0.325 e. The van der Waals surface area contributed by atoms with Gasteiger partial charge in [0.1, 0.15) is 16.6 Å². The summed E-state index contributed by atoms with van der Waals surface area (Å²) in [4.78, 5) is 21.8. The number of aromatic nitrogens is 4. The highest BCUT2D eigenvalue weighted by atomic mass is 32.2. The van der Waals surface area contributed by atoms with E-state index >= 15 is 0 Å². The molecule has 1 amide bonds. The molecule has 6 nitrogen and oxygen atoms in total. The van der Waals surface area contributed by atoms with Gasteiger partial charge in [0.05, 0.1) is 11.6 Å². The summed E-state index contributed by atoms with van der Waals surface area (Å²) in [6.07, 6.45) is 3.24. The highest BCUT2D eigenvalue weighted by Crippen LogP contribution is 2.37. The van der Waals surface area contributed by atoms with Crippen LogP contribution in [0, 0.1) is 6.92 Å². The molecule has 28 heavy (non-hydrogen) atoms. The van der Waals surface area contributed by atoms with Crippen molar-refractivity contribution in [3.05, 3.63) is 78.2 Å². The zero-order valence-electron chi connectivity index (χ0n) is 15.5. The van der Waals surface area contributed by atoms with E-state index in [4.69, 9.17) is 0 Å². The zero-order valence-corrected chi connectivity index (χ0v) is 16.4. The molecule has 140 valence electrons. The van der Waals surface area contributed by atoms with Gasteiger partial charge in [-0.1, -0.05) is 59.8 Å². The Bertz CT molecular complexity index is 1110. The summed E-state index contributed by atoms with van der Waals surface area (Å²) in [5, 5.41) is 8.38. The molecular weight excluding hydrogens is 370 g/mol. The van der Waals surface area contributed by atoms with Gasteiger partial charge < -0.3 is 5.32 Å². The Morgan fingerprint density at radius 1 is 1.07 bits per heavy atom. The number of benzene rings is 2. The van der Waals surface area contributed by atoms with Crippen LogP contribution in [0.4, 0.5) is 5.69 Å². The monoisotopic (exact) mass is 389 g/mol. The van der Waals surface area contributed by atoms with Gasteiger partial charge in [-0.2, -0.15) is 5.10 Å². The number of nitrogens with one attached hydrogen (secondary N) is 1. The number of hydrogen-bond donors (Lipinski definition) is 1. The van der Waals surface area contributed by atoms with Crippen LogP contribution in [0.2, 0.25) is 0 Å². The molecule has 7 heteroatoms. The molecule has 0 spiro atoms. The maximum atomic E-state index is 13.1. The fourth-order valence-corrected chi connectivity index (χ4v) is 3.95. The maximum Gasteiger partial charge on any atom is 0.242 e. The summed E-state index contributed by atoms with van der Waals surface area (Å²) in [6, 6.07) is 17.5. The van der Waals surface area contributed by atoms with E-state index in [0.29, 0.717) is 0 Å². The predicted molar refractivity (Wildman–Crippen MR) is 111 cm³/mol. The van der Waals surface area contributed by atoms with E-state index in [9.17, 15) is 4.79 Å². The van der Waals surface area contributed by atoms with Crippen molar-refractivity contribution >= 4 is 34.4 Å². The first-order chi connectivity index (χ1) is 13.6. The Morgan fingerprint density at radius 2 is 1.82 bits per heavy atom. The number of anilines is 1. The van der Waals surface area contributed by atoms with Crippen molar-refractivity contribution in [2.45, 2.75) is 17.2 Å². The van der Waals surface area contributed by atoms with Crippen LogP contribution in [0.5, 0.6) is 0 Å². The Hall–Kier alpha value is -3.19. The van der Waals surface area contributed by atoms with Gasteiger partial charge in [0.15, 0.2) is 5.65 Å². The molecule has 2 heterocycles. The van der Waals surface area contributed by atoms with Crippen LogP contribution in [0.15, 0.2) is 72.1 Å². The quantitative estimate of drug-likeness (QED) is 0.410. The van der Waals surface area contributed by atoms with Gasteiger partial charge in [-0.25, -0.2) is 9.97 Å². The molecular formula is C21H19N5OS. The highest BCUT2D eigenvalue weighted by molar-refractivity contribution is 8.00. The number of hydrogen-bond acceptors (Lipinski definition) is 5. The van der Waals surface area contributed by atoms with Gasteiger partial charge in [-0.3, -0.25) is 9.48 Å². The fraction of sp³-hybridized carbons (Fsp3) is 0.143. The molecule has 2 aromatic heterocycles. The Balaban J connectivity index is 1.67. The smallest absolute Gasteiger partial charge is 0.242 e. The molecule has 0 fully saturated rings. The van der Waals surface area contributed by atoms with Gasteiger partial charge in [0.25, 0.3) is 0 Å². The summed E-state index contributed by atoms with van der Waals surface area (Å²) < 4.78 is 1.70. The van der Waals surface area contributed by atoms with Gasteiger partial charge in [-0.05, 0) is 24.6 Å². The number of amides is 1. The number of carbonyl (C=O) groups excluding carboxylic acids is 1. The standard InChI is InChI=1S/C21H19N5OS/c1-14-8-10-16(11-9-14)25-20(27)18(15-6-4-3-5-7-15)28-21-17-12-24-26(2)19(17)22-13-23-21/h3-13,18H,1-2H3,(H,25,27). The number of carbonyl (C=O) groups is 1. The first-order valence-electron chi connectivity index (χ1n) is 8.83. The molecule has 0 aliphatic carbocycles. The van der Waals surface area contributed by atoms with E-state index in [-0.39, 0.29) is 5.91 Å². The molecule has 0 saturated heterocycles. The zero-order chi connectivity index (χ0) is 19.5. The first-order valence-corrected chi connectivity index (χ1v) is 9.71. The van der Waals surface area contributed by atoms with Crippen molar-refractivity contribution in [3.8, 4) is 0 Å². The predicted octanol–water partition coefficient (Wildman–Crippen LogP) is 4.14. The molecule has 1 atom stereocenters. The molecule has 1 unspecified atom stereocenters. The van der Waals surface area contributed by atoms with Crippen molar-refractivity contribution in [1.82, 2.24) is 19.7 Å². The average Bonchev–Trinajstić information content (AvgIpc) is 3.10. The van der Waals surface area contributed by atoms with Crippen LogP contribution in [0.25, 0.3) is 11.0 Å². The van der Waals surface area contributed by atoms with Crippen molar-refractivity contribution in [1.29, 1.82) is 0 Å². The molecule has 0 aliphatic rings. The number of thioether (sulfide) groups is 1. The van der Waals surface area contributed by atoms with Crippen LogP contribution < -0.4 is 5.32 Å². The lowest BCUT2D eigenvalue weighted by atomic mass is 10.1. The lowest BCUT2D eigenvalue weighted by Crippen LogP contribution is -2.19. The normalized spacial score (nSPS) is 12.1. The van der Waals surface area contributed by atoms with Crippen LogP contribution in [0.1, 0.15) is 16.4 Å². The number of fused-ring (bicyclic) bond motifs is 1. The van der Waals surface area contributed by atoms with Crippen molar-refractivity contribution in [2.75, 3.05) is 5.32 Å². The second kappa shape index (κ2) is 7.82. The third kappa shape index (κ3) is 3.75. The summed E-state index contributed by atoms with van der Waals surface area (Å²) in [5.41, 5.74) is 3.56. The topological polar surface area (TPSA) is 72.7 Å². The number of rotatable bonds is 5. The van der Waals surface area contributed by atoms with Crippen molar-refractivity contribution in [3.63, 3.8) is 0 Å². The molecule has 4 rings (SSSR count). The minimum atomic E-state index is -0.458. The second-order valence-corrected chi connectivity index (χ2v) is 7.54. The van der Waals surface area contributed by atoms with E-state index in [1.807, 2.05) is 68.6 Å². The Labute approximate surface area is 167 Å². The van der Waals surface area contributed by atoms with Crippen molar-refractivity contribution < 1.29 is 4.79 Å². The van der Waals surface area contributed by atoms with E-state index in [1.165, 1.54) is 18.1 Å². The summed E-state index contributed by atoms with van der Waals surface area (Å²) in [5.74, 6) is -0.101. The lowest BCUT2D eigenvalue weighted by molar-refractivity contribution is -0.115. The van der Waals surface area contributed by atoms with Crippen molar-refractivity contribution in [2.24, 2.45) is 7.05 Å². The summed E-state index contributed by atoms with van der Waals surface area (Å²) in [7, 11) is 1.84. The highest BCUT2D eigenvalue weighted by Gasteiger charge is 2.24.